The molecule has 206 valence electrons. The highest BCUT2D eigenvalue weighted by atomic mass is 19.1. The van der Waals surface area contributed by atoms with E-state index in [0.29, 0.717) is 21.8 Å². The van der Waals surface area contributed by atoms with Crippen molar-refractivity contribution in [2.24, 2.45) is 57.5 Å². The van der Waals surface area contributed by atoms with E-state index < -0.39 is 12.7 Å². The number of carbonyl (C=O) groups excluding carboxylic acids is 1. The predicted octanol–water partition coefficient (Wildman–Crippen LogP) is 8.14. The summed E-state index contributed by atoms with van der Waals surface area (Å²) in [6.45, 7) is 11.4. The van der Waals surface area contributed by atoms with Crippen molar-refractivity contribution in [3.05, 3.63) is 4.91 Å². The second-order valence-corrected chi connectivity index (χ2v) is 14.0. The number of rotatable bonds is 9. The Kier molecular flexibility index (Phi) is 8.71. The highest BCUT2D eigenvalue weighted by molar-refractivity contribution is 5.74. The maximum Gasteiger partial charge on any atom is 0.340 e. The fraction of sp³-hybridized carbons (Fsp3) is 0.967. The molecule has 4 rings (SSSR count). The molecule has 9 atom stereocenters. The number of nitrogens with one attached hydrogen (secondary N) is 1. The summed E-state index contributed by atoms with van der Waals surface area (Å²) in [4.78, 5) is 23.3. The van der Waals surface area contributed by atoms with Crippen LogP contribution in [0.2, 0.25) is 0 Å². The minimum absolute atomic E-state index is 0.0624. The van der Waals surface area contributed by atoms with Gasteiger partial charge < -0.3 is 5.32 Å². The van der Waals surface area contributed by atoms with Gasteiger partial charge in [0.2, 0.25) is 0 Å². The number of carbonyl (C=O) groups is 1. The number of nitroso groups, excluding NO2 is 1. The highest BCUT2D eigenvalue weighted by Gasteiger charge is 2.60. The van der Waals surface area contributed by atoms with Crippen molar-refractivity contribution in [3.63, 3.8) is 0 Å². The molecule has 1 N–H and O–H groups in total. The predicted molar refractivity (Wildman–Crippen MR) is 144 cm³/mol. The van der Waals surface area contributed by atoms with Crippen LogP contribution in [0.15, 0.2) is 5.29 Å². The summed E-state index contributed by atoms with van der Waals surface area (Å²) in [5.41, 5.74) is 0.877. The molecule has 0 aromatic heterocycles. The maximum atomic E-state index is 12.6. The van der Waals surface area contributed by atoms with Crippen molar-refractivity contribution in [3.8, 4) is 0 Å². The molecule has 0 aromatic carbocycles. The zero-order valence-corrected chi connectivity index (χ0v) is 23.6. The van der Waals surface area contributed by atoms with E-state index in [-0.39, 0.29) is 12.6 Å². The molecule has 0 aliphatic heterocycles. The number of nitrogens with zero attached hydrogens (tertiary/aromatic N) is 2. The molecular weight excluding hydrogens is 453 g/mol. The van der Waals surface area contributed by atoms with E-state index in [2.05, 4.69) is 45.2 Å². The number of amides is 2. The lowest BCUT2D eigenvalue weighted by atomic mass is 9.44. The number of fused-ring (bicyclic) bond motifs is 5. The lowest BCUT2D eigenvalue weighted by molar-refractivity contribution is -0.117. The van der Waals surface area contributed by atoms with Gasteiger partial charge in [0.15, 0.2) is 0 Å². The molecule has 0 saturated heterocycles. The maximum absolute atomic E-state index is 12.6. The minimum Gasteiger partial charge on any atom is -0.334 e. The zero-order chi connectivity index (χ0) is 26.1. The Bertz CT molecular complexity index is 777. The Labute approximate surface area is 219 Å². The van der Waals surface area contributed by atoms with Crippen molar-refractivity contribution in [2.75, 3.05) is 13.2 Å². The molecule has 0 aromatic rings. The summed E-state index contributed by atoms with van der Waals surface area (Å²) in [5, 5.41) is 6.38. The fourth-order valence-corrected chi connectivity index (χ4v) is 9.92. The van der Waals surface area contributed by atoms with Crippen LogP contribution in [0.4, 0.5) is 9.18 Å². The Hall–Kier alpha value is -1.20. The van der Waals surface area contributed by atoms with E-state index in [0.717, 1.165) is 54.8 Å². The largest absolute Gasteiger partial charge is 0.340 e. The van der Waals surface area contributed by atoms with Crippen LogP contribution in [-0.4, -0.2) is 30.3 Å². The lowest BCUT2D eigenvalue weighted by Crippen LogP contribution is -2.56. The molecule has 0 bridgehead atoms. The van der Waals surface area contributed by atoms with Gasteiger partial charge in [-0.05, 0) is 110 Å². The quantitative estimate of drug-likeness (QED) is 0.254. The summed E-state index contributed by atoms with van der Waals surface area (Å²) < 4.78 is 12.6. The van der Waals surface area contributed by atoms with Crippen LogP contribution in [0.3, 0.4) is 0 Å². The van der Waals surface area contributed by atoms with Crippen molar-refractivity contribution < 1.29 is 9.18 Å². The topological polar surface area (TPSA) is 61.8 Å². The third-order valence-electron chi connectivity index (χ3n) is 11.8. The van der Waals surface area contributed by atoms with Crippen LogP contribution < -0.4 is 5.32 Å². The molecule has 5 nitrogen and oxygen atoms in total. The average molecular weight is 506 g/mol. The standard InChI is InChI=1S/C30H52FN3O2/c1-20(2)7-6-8-21(3)25-11-12-26-24-10-9-22-19-23(32-28(35)34(33-36)18-17-31)13-15-29(22,4)27(24)14-16-30(25,26)5/h20-27H,6-19H2,1-5H3,(H,32,35). The van der Waals surface area contributed by atoms with Crippen molar-refractivity contribution >= 4 is 6.03 Å². The van der Waals surface area contributed by atoms with Gasteiger partial charge >= 0.3 is 6.03 Å². The van der Waals surface area contributed by atoms with Crippen LogP contribution in [0, 0.1) is 57.2 Å². The first-order valence-corrected chi connectivity index (χ1v) is 15.1. The van der Waals surface area contributed by atoms with Gasteiger partial charge in [-0.1, -0.05) is 53.9 Å². The van der Waals surface area contributed by atoms with Gasteiger partial charge in [-0.25, -0.2) is 9.18 Å². The minimum atomic E-state index is -0.759. The first-order valence-electron chi connectivity index (χ1n) is 15.1. The summed E-state index contributed by atoms with van der Waals surface area (Å²) >= 11 is 0. The molecule has 2 amide bonds. The molecule has 4 aliphatic rings. The Morgan fingerprint density at radius 3 is 2.42 bits per heavy atom. The van der Waals surface area contributed by atoms with Crippen LogP contribution in [-0.2, 0) is 0 Å². The van der Waals surface area contributed by atoms with E-state index in [1.54, 1.807) is 0 Å². The Morgan fingerprint density at radius 2 is 1.72 bits per heavy atom. The van der Waals surface area contributed by atoms with Gasteiger partial charge in [0.1, 0.15) is 6.67 Å². The smallest absolute Gasteiger partial charge is 0.334 e. The first-order chi connectivity index (χ1) is 17.1. The molecule has 0 heterocycles. The van der Waals surface area contributed by atoms with Crippen LogP contribution in [0.1, 0.15) is 112 Å². The van der Waals surface area contributed by atoms with Gasteiger partial charge in [0, 0.05) is 6.04 Å². The average Bonchev–Trinajstić information content (AvgIpc) is 3.19. The van der Waals surface area contributed by atoms with E-state index in [4.69, 9.17) is 0 Å². The number of hydrogen-bond acceptors (Lipinski definition) is 3. The molecule has 4 aliphatic carbocycles. The lowest BCUT2D eigenvalue weighted by Gasteiger charge is -2.61. The molecule has 4 fully saturated rings. The van der Waals surface area contributed by atoms with E-state index >= 15 is 0 Å². The molecule has 0 spiro atoms. The van der Waals surface area contributed by atoms with E-state index in [1.165, 1.54) is 57.8 Å². The van der Waals surface area contributed by atoms with Crippen LogP contribution >= 0.6 is 0 Å². The number of alkyl halides is 1. The number of hydrogen-bond donors (Lipinski definition) is 1. The Balaban J connectivity index is 1.38. The summed E-state index contributed by atoms with van der Waals surface area (Å²) in [6, 6.07) is -0.481. The second-order valence-electron chi connectivity index (χ2n) is 14.0. The van der Waals surface area contributed by atoms with Crippen LogP contribution in [0.5, 0.6) is 0 Å². The normalized spacial score (nSPS) is 40.6. The van der Waals surface area contributed by atoms with Gasteiger partial charge in [-0.2, -0.15) is 5.01 Å². The third-order valence-corrected chi connectivity index (χ3v) is 11.8. The third kappa shape index (κ3) is 5.21. The van der Waals surface area contributed by atoms with Gasteiger partial charge in [0.25, 0.3) is 0 Å². The van der Waals surface area contributed by atoms with Crippen molar-refractivity contribution in [1.82, 2.24) is 10.3 Å². The SMILES string of the molecule is CC(C)CCCC(C)C1CCC2C3CCC4CC(NC(=O)N(CCF)N=O)CCC4(C)C3CCC12C. The molecular formula is C30H52FN3O2. The van der Waals surface area contributed by atoms with Gasteiger partial charge in [-0.15, -0.1) is 4.91 Å². The summed E-state index contributed by atoms with van der Waals surface area (Å²) in [5.74, 6) is 5.73. The molecule has 0 radical (unpaired) electrons. The highest BCUT2D eigenvalue weighted by Crippen LogP contribution is 2.68. The van der Waals surface area contributed by atoms with Crippen molar-refractivity contribution in [2.45, 2.75) is 118 Å². The van der Waals surface area contributed by atoms with E-state index in [9.17, 15) is 14.1 Å². The Morgan fingerprint density at radius 1 is 1.00 bits per heavy atom. The fourth-order valence-electron chi connectivity index (χ4n) is 9.92. The summed E-state index contributed by atoms with van der Waals surface area (Å²) in [7, 11) is 0. The second kappa shape index (κ2) is 11.3. The molecule has 9 unspecified atom stereocenters. The van der Waals surface area contributed by atoms with Gasteiger partial charge in [-0.3, -0.25) is 0 Å². The molecule has 6 heteroatoms. The zero-order valence-electron chi connectivity index (χ0n) is 23.6. The number of urea groups is 1. The van der Waals surface area contributed by atoms with Crippen LogP contribution in [0.25, 0.3) is 0 Å². The summed E-state index contributed by atoms with van der Waals surface area (Å²) in [6.07, 6.45) is 15.4. The monoisotopic (exact) mass is 505 g/mol. The molecule has 36 heavy (non-hydrogen) atoms. The number of halogens is 1. The van der Waals surface area contributed by atoms with E-state index in [1.807, 2.05) is 0 Å². The van der Waals surface area contributed by atoms with Crippen molar-refractivity contribution in [1.29, 1.82) is 0 Å². The molecule has 4 saturated carbocycles. The van der Waals surface area contributed by atoms with Gasteiger partial charge in [0.05, 0.1) is 11.8 Å². The first kappa shape index (κ1) is 27.8.